The van der Waals surface area contributed by atoms with Gasteiger partial charge in [-0.25, -0.2) is 12.7 Å². The maximum absolute atomic E-state index is 11.7. The molecule has 22 heavy (non-hydrogen) atoms. The van der Waals surface area contributed by atoms with Crippen molar-refractivity contribution in [3.63, 3.8) is 0 Å². The minimum atomic E-state index is -3.09. The Labute approximate surface area is 132 Å². The van der Waals surface area contributed by atoms with Gasteiger partial charge in [0.25, 0.3) is 0 Å². The summed E-state index contributed by atoms with van der Waals surface area (Å²) in [5.41, 5.74) is 0. The van der Waals surface area contributed by atoms with Crippen molar-refractivity contribution in [1.82, 2.24) is 19.8 Å². The Hall–Kier alpha value is -1.25. The summed E-state index contributed by atoms with van der Waals surface area (Å²) >= 11 is 0. The molecule has 0 amide bonds. The highest BCUT2D eigenvalue weighted by atomic mass is 32.2. The van der Waals surface area contributed by atoms with E-state index in [9.17, 15) is 8.42 Å². The van der Waals surface area contributed by atoms with E-state index in [1.54, 1.807) is 20.3 Å². The van der Waals surface area contributed by atoms with E-state index in [1.807, 2.05) is 12.1 Å². The van der Waals surface area contributed by atoms with E-state index >= 15 is 0 Å². The summed E-state index contributed by atoms with van der Waals surface area (Å²) in [4.78, 5) is 2.23. The smallest absolute Gasteiger partial charge is 0.213 e. The monoisotopic (exact) mass is 327 g/mol. The van der Waals surface area contributed by atoms with Gasteiger partial charge >= 0.3 is 0 Å². The summed E-state index contributed by atoms with van der Waals surface area (Å²) < 4.78 is 24.7. The van der Waals surface area contributed by atoms with Crippen molar-refractivity contribution in [2.24, 2.45) is 0 Å². The Morgan fingerprint density at radius 1 is 1.45 bits per heavy atom. The second kappa shape index (κ2) is 7.85. The first-order valence-corrected chi connectivity index (χ1v) is 9.26. The molecule has 7 nitrogen and oxygen atoms in total. The van der Waals surface area contributed by atoms with E-state index in [-0.39, 0.29) is 5.75 Å². The van der Waals surface area contributed by atoms with Crippen LogP contribution in [0.4, 0.5) is 5.82 Å². The van der Waals surface area contributed by atoms with Crippen molar-refractivity contribution in [3.8, 4) is 0 Å². The Balaban J connectivity index is 1.75. The maximum atomic E-state index is 11.7. The average molecular weight is 327 g/mol. The van der Waals surface area contributed by atoms with E-state index in [0.29, 0.717) is 19.0 Å². The zero-order chi connectivity index (χ0) is 16.0. The van der Waals surface area contributed by atoms with Gasteiger partial charge < -0.3 is 10.2 Å². The van der Waals surface area contributed by atoms with Gasteiger partial charge in [0, 0.05) is 39.4 Å². The van der Waals surface area contributed by atoms with Crippen LogP contribution >= 0.6 is 0 Å². The van der Waals surface area contributed by atoms with E-state index in [1.165, 1.54) is 4.31 Å². The van der Waals surface area contributed by atoms with Crippen LogP contribution in [-0.2, 0) is 10.0 Å². The van der Waals surface area contributed by atoms with Crippen LogP contribution in [0.5, 0.6) is 0 Å². The lowest BCUT2D eigenvalue weighted by Crippen LogP contribution is -2.46. The zero-order valence-electron chi connectivity index (χ0n) is 13.3. The van der Waals surface area contributed by atoms with Crippen molar-refractivity contribution < 1.29 is 8.42 Å². The number of aromatic nitrogens is 2. The molecule has 0 unspecified atom stereocenters. The molecule has 1 N–H and O–H groups in total. The van der Waals surface area contributed by atoms with Crippen LogP contribution in [0, 0.1) is 0 Å². The third-order valence-electron chi connectivity index (χ3n) is 3.87. The molecule has 124 valence electrons. The Morgan fingerprint density at radius 3 is 2.95 bits per heavy atom. The molecule has 1 aromatic heterocycles. The molecule has 8 heteroatoms. The number of hydrogen-bond acceptors (Lipinski definition) is 6. The van der Waals surface area contributed by atoms with Gasteiger partial charge in [-0.1, -0.05) is 0 Å². The molecule has 0 bridgehead atoms. The van der Waals surface area contributed by atoms with Crippen molar-refractivity contribution in [1.29, 1.82) is 0 Å². The number of hydrogen-bond donors (Lipinski definition) is 1. The largest absolute Gasteiger partial charge is 0.354 e. The van der Waals surface area contributed by atoms with Crippen LogP contribution < -0.4 is 10.2 Å². The lowest BCUT2D eigenvalue weighted by molar-refractivity contribution is 0.420. The van der Waals surface area contributed by atoms with Crippen molar-refractivity contribution in [2.75, 3.05) is 44.4 Å². The summed E-state index contributed by atoms with van der Waals surface area (Å²) in [6.07, 6.45) is 4.51. The Morgan fingerprint density at radius 2 is 2.27 bits per heavy atom. The van der Waals surface area contributed by atoms with Gasteiger partial charge in [-0.2, -0.15) is 5.10 Å². The van der Waals surface area contributed by atoms with Gasteiger partial charge in [-0.3, -0.25) is 0 Å². The Bertz CT molecular complexity index is 550. The summed E-state index contributed by atoms with van der Waals surface area (Å²) in [5, 5.41) is 11.5. The molecule has 1 saturated heterocycles. The molecule has 1 aliphatic rings. The number of piperidine rings is 1. The standard InChI is InChI=1S/C14H25N5O2S/c1-18(2)22(20,21)11-5-8-15-13-6-4-10-19(12-13)14-7-3-9-16-17-14/h3,7,9,13,15H,4-6,8,10-12H2,1-2H3/t13-/m1/s1. The fourth-order valence-electron chi connectivity index (χ4n) is 2.56. The first-order valence-electron chi connectivity index (χ1n) is 7.65. The lowest BCUT2D eigenvalue weighted by atomic mass is 10.1. The summed E-state index contributed by atoms with van der Waals surface area (Å²) in [7, 11) is 0.0539. The fraction of sp³-hybridized carbons (Fsp3) is 0.714. The number of nitrogens with one attached hydrogen (secondary N) is 1. The molecule has 2 rings (SSSR count). The molecule has 0 aliphatic carbocycles. The van der Waals surface area contributed by atoms with Crippen molar-refractivity contribution in [2.45, 2.75) is 25.3 Å². The zero-order valence-corrected chi connectivity index (χ0v) is 14.1. The lowest BCUT2D eigenvalue weighted by Gasteiger charge is -2.33. The van der Waals surface area contributed by atoms with E-state index < -0.39 is 10.0 Å². The third kappa shape index (κ3) is 4.89. The van der Waals surface area contributed by atoms with E-state index in [0.717, 1.165) is 31.7 Å². The van der Waals surface area contributed by atoms with Crippen LogP contribution in [0.3, 0.4) is 0 Å². The summed E-state index contributed by atoms with van der Waals surface area (Å²) in [6.45, 7) is 2.59. The topological polar surface area (TPSA) is 78.4 Å². The molecule has 0 saturated carbocycles. The number of sulfonamides is 1. The molecular weight excluding hydrogens is 302 g/mol. The molecule has 1 aliphatic heterocycles. The number of rotatable bonds is 7. The molecule has 1 atom stereocenters. The first-order chi connectivity index (χ1) is 10.5. The molecule has 0 spiro atoms. The van der Waals surface area contributed by atoms with Crippen LogP contribution in [0.1, 0.15) is 19.3 Å². The molecule has 1 fully saturated rings. The molecule has 1 aromatic rings. The highest BCUT2D eigenvalue weighted by molar-refractivity contribution is 7.89. The predicted molar refractivity (Wildman–Crippen MR) is 87.4 cm³/mol. The highest BCUT2D eigenvalue weighted by Gasteiger charge is 2.21. The predicted octanol–water partition coefficient (Wildman–Crippen LogP) is 0.317. The fourth-order valence-corrected chi connectivity index (χ4v) is 3.43. The maximum Gasteiger partial charge on any atom is 0.213 e. The van der Waals surface area contributed by atoms with Crippen LogP contribution in [0.2, 0.25) is 0 Å². The number of anilines is 1. The van der Waals surface area contributed by atoms with Crippen LogP contribution in [0.25, 0.3) is 0 Å². The second-order valence-electron chi connectivity index (χ2n) is 5.77. The van der Waals surface area contributed by atoms with E-state index in [4.69, 9.17) is 0 Å². The molecule has 0 aromatic carbocycles. The summed E-state index contributed by atoms with van der Waals surface area (Å²) in [5.74, 6) is 1.09. The van der Waals surface area contributed by atoms with Gasteiger partial charge in [0.2, 0.25) is 10.0 Å². The quantitative estimate of drug-likeness (QED) is 0.727. The normalized spacial score (nSPS) is 19.6. The van der Waals surface area contributed by atoms with E-state index in [2.05, 4.69) is 20.4 Å². The van der Waals surface area contributed by atoms with Gasteiger partial charge in [0.1, 0.15) is 0 Å². The second-order valence-corrected chi connectivity index (χ2v) is 8.08. The molecule has 2 heterocycles. The summed E-state index contributed by atoms with van der Waals surface area (Å²) in [6, 6.07) is 4.24. The van der Waals surface area contributed by atoms with Gasteiger partial charge in [0.15, 0.2) is 5.82 Å². The van der Waals surface area contributed by atoms with Gasteiger partial charge in [0.05, 0.1) is 5.75 Å². The number of nitrogens with zero attached hydrogens (tertiary/aromatic N) is 4. The van der Waals surface area contributed by atoms with Crippen molar-refractivity contribution in [3.05, 3.63) is 18.3 Å². The van der Waals surface area contributed by atoms with Gasteiger partial charge in [-0.05, 0) is 37.9 Å². The SMILES string of the molecule is CN(C)S(=O)(=O)CCCN[C@@H]1CCCN(c2cccnn2)C1. The average Bonchev–Trinajstić information content (AvgIpc) is 2.53. The third-order valence-corrected chi connectivity index (χ3v) is 5.79. The first kappa shape index (κ1) is 17.1. The van der Waals surface area contributed by atoms with Crippen LogP contribution in [-0.4, -0.2) is 68.4 Å². The van der Waals surface area contributed by atoms with Crippen LogP contribution in [0.15, 0.2) is 18.3 Å². The minimum absolute atomic E-state index is 0.188. The minimum Gasteiger partial charge on any atom is -0.354 e. The molecule has 0 radical (unpaired) electrons. The highest BCUT2D eigenvalue weighted by Crippen LogP contribution is 2.16. The molecular formula is C14H25N5O2S. The van der Waals surface area contributed by atoms with Gasteiger partial charge in [-0.15, -0.1) is 5.10 Å². The van der Waals surface area contributed by atoms with Crippen molar-refractivity contribution >= 4 is 15.8 Å². The Kier molecular flexibility index (Phi) is 6.10.